The molecule has 164 valence electrons. The van der Waals surface area contributed by atoms with Crippen molar-refractivity contribution in [1.82, 2.24) is 23.6 Å². The predicted molar refractivity (Wildman–Crippen MR) is 124 cm³/mol. The summed E-state index contributed by atoms with van der Waals surface area (Å²) < 4.78 is 31.8. The zero-order chi connectivity index (χ0) is 22.0. The van der Waals surface area contributed by atoms with E-state index in [9.17, 15) is 8.42 Å². The Morgan fingerprint density at radius 2 is 1.71 bits per heavy atom. The maximum atomic E-state index is 12.8. The second-order valence-electron chi connectivity index (χ2n) is 7.70. The molecule has 0 unspecified atom stereocenters. The van der Waals surface area contributed by atoms with Crippen molar-refractivity contribution in [1.29, 1.82) is 0 Å². The third-order valence-corrected chi connectivity index (χ3v) is 7.91. The van der Waals surface area contributed by atoms with Crippen LogP contribution in [0.2, 0.25) is 0 Å². The van der Waals surface area contributed by atoms with Crippen LogP contribution >= 0.6 is 12.2 Å². The molecule has 0 saturated carbocycles. The summed E-state index contributed by atoms with van der Waals surface area (Å²) in [5.74, 6) is 0.862. The van der Waals surface area contributed by atoms with Gasteiger partial charge in [0.05, 0.1) is 11.6 Å². The predicted octanol–water partition coefficient (Wildman–Crippen LogP) is 3.37. The lowest BCUT2D eigenvalue weighted by molar-refractivity contribution is 0.144. The van der Waals surface area contributed by atoms with Crippen molar-refractivity contribution < 1.29 is 8.42 Å². The fraction of sp³-hybridized carbons (Fsp3) is 0.364. The first kappa shape index (κ1) is 21.9. The van der Waals surface area contributed by atoms with Crippen LogP contribution in [0.25, 0.3) is 11.4 Å². The lowest BCUT2D eigenvalue weighted by Crippen LogP contribution is -2.48. The van der Waals surface area contributed by atoms with Gasteiger partial charge in [0.25, 0.3) is 0 Å². The van der Waals surface area contributed by atoms with Crippen LogP contribution in [0.5, 0.6) is 0 Å². The SMILES string of the molecule is CCn1c(-c2cccc(C)c2)nn(CN2CCN(S(=O)(=O)c3ccccc3)CC2)c1=S. The molecule has 0 spiro atoms. The standard InChI is InChI=1S/C22H27N5O2S2/c1-3-26-21(19-9-7-8-18(2)16-19)23-27(22(26)30)17-24-12-14-25(15-13-24)31(28,29)20-10-5-4-6-11-20/h4-11,16H,3,12-15,17H2,1-2H3. The number of aryl methyl sites for hydroxylation is 1. The van der Waals surface area contributed by atoms with Crippen LogP contribution in [0.4, 0.5) is 0 Å². The smallest absolute Gasteiger partial charge is 0.243 e. The Morgan fingerprint density at radius 1 is 1.00 bits per heavy atom. The first-order valence-corrected chi connectivity index (χ1v) is 12.3. The van der Waals surface area contributed by atoms with Gasteiger partial charge in [0.2, 0.25) is 10.0 Å². The van der Waals surface area contributed by atoms with Crippen LogP contribution < -0.4 is 0 Å². The number of hydrogen-bond acceptors (Lipinski definition) is 5. The number of rotatable bonds is 6. The van der Waals surface area contributed by atoms with E-state index in [1.54, 1.807) is 28.6 Å². The molecule has 0 bridgehead atoms. The van der Waals surface area contributed by atoms with E-state index in [-0.39, 0.29) is 0 Å². The molecule has 0 amide bonds. The summed E-state index contributed by atoms with van der Waals surface area (Å²) in [5.41, 5.74) is 2.22. The van der Waals surface area contributed by atoms with Crippen molar-refractivity contribution in [3.05, 3.63) is 64.9 Å². The Kier molecular flexibility index (Phi) is 6.38. The van der Waals surface area contributed by atoms with Crippen LogP contribution in [-0.2, 0) is 23.2 Å². The van der Waals surface area contributed by atoms with Gasteiger partial charge in [0.15, 0.2) is 10.6 Å². The van der Waals surface area contributed by atoms with Crippen LogP contribution in [0.1, 0.15) is 12.5 Å². The van der Waals surface area contributed by atoms with Crippen molar-refractivity contribution >= 4 is 22.2 Å². The summed E-state index contributed by atoms with van der Waals surface area (Å²) in [5, 5.41) is 4.80. The third-order valence-electron chi connectivity index (χ3n) is 5.56. The first-order chi connectivity index (χ1) is 14.9. The molecule has 2 heterocycles. The summed E-state index contributed by atoms with van der Waals surface area (Å²) in [6.45, 7) is 7.57. The Hall–Kier alpha value is -2.33. The van der Waals surface area contributed by atoms with Gasteiger partial charge in [0.1, 0.15) is 0 Å². The molecule has 4 rings (SSSR count). The van der Waals surface area contributed by atoms with Gasteiger partial charge >= 0.3 is 0 Å². The highest BCUT2D eigenvalue weighted by atomic mass is 32.2. The van der Waals surface area contributed by atoms with Gasteiger partial charge in [-0.1, -0.05) is 42.0 Å². The topological polar surface area (TPSA) is 63.4 Å². The van der Waals surface area contributed by atoms with E-state index in [1.165, 1.54) is 5.56 Å². The van der Waals surface area contributed by atoms with Crippen molar-refractivity contribution in [2.24, 2.45) is 0 Å². The minimum atomic E-state index is -3.45. The van der Waals surface area contributed by atoms with Crippen molar-refractivity contribution in [3.8, 4) is 11.4 Å². The highest BCUT2D eigenvalue weighted by Gasteiger charge is 2.28. The van der Waals surface area contributed by atoms with Gasteiger partial charge in [-0.25, -0.2) is 13.1 Å². The molecular formula is C22H27N5O2S2. The van der Waals surface area contributed by atoms with Gasteiger partial charge in [-0.3, -0.25) is 4.90 Å². The average molecular weight is 458 g/mol. The van der Waals surface area contributed by atoms with Gasteiger partial charge in [-0.2, -0.15) is 9.40 Å². The summed E-state index contributed by atoms with van der Waals surface area (Å²) in [6, 6.07) is 16.9. The minimum Gasteiger partial charge on any atom is -0.300 e. The molecule has 7 nitrogen and oxygen atoms in total. The summed E-state index contributed by atoms with van der Waals surface area (Å²) >= 11 is 5.69. The monoisotopic (exact) mass is 457 g/mol. The maximum Gasteiger partial charge on any atom is 0.243 e. The Morgan fingerprint density at radius 3 is 2.35 bits per heavy atom. The second-order valence-corrected chi connectivity index (χ2v) is 10.00. The molecule has 1 fully saturated rings. The molecule has 0 aliphatic carbocycles. The number of aromatic nitrogens is 3. The zero-order valence-corrected chi connectivity index (χ0v) is 19.4. The fourth-order valence-electron chi connectivity index (χ4n) is 3.86. The Labute approximate surface area is 188 Å². The van der Waals surface area contributed by atoms with E-state index in [0.29, 0.717) is 42.5 Å². The third kappa shape index (κ3) is 4.50. The van der Waals surface area contributed by atoms with Crippen LogP contribution in [0, 0.1) is 11.7 Å². The summed E-state index contributed by atoms with van der Waals surface area (Å²) in [4.78, 5) is 2.54. The molecular weight excluding hydrogens is 430 g/mol. The maximum absolute atomic E-state index is 12.8. The Bertz CT molecular complexity index is 1210. The molecule has 0 atom stereocenters. The average Bonchev–Trinajstić information content (AvgIpc) is 3.10. The van der Waals surface area contributed by atoms with E-state index in [0.717, 1.165) is 17.9 Å². The lowest BCUT2D eigenvalue weighted by atomic mass is 10.1. The number of piperazine rings is 1. The molecule has 0 N–H and O–H groups in total. The fourth-order valence-corrected chi connectivity index (χ4v) is 5.62. The molecule has 0 radical (unpaired) electrons. The lowest BCUT2D eigenvalue weighted by Gasteiger charge is -2.33. The minimum absolute atomic E-state index is 0.343. The molecule has 1 aromatic heterocycles. The van der Waals surface area contributed by atoms with Gasteiger partial charge in [-0.15, -0.1) is 0 Å². The molecule has 3 aromatic rings. The number of sulfonamides is 1. The molecule has 31 heavy (non-hydrogen) atoms. The molecule has 1 saturated heterocycles. The van der Waals surface area contributed by atoms with Crippen molar-refractivity contribution in [2.75, 3.05) is 26.2 Å². The van der Waals surface area contributed by atoms with Crippen LogP contribution in [0.3, 0.4) is 0 Å². The number of nitrogens with zero attached hydrogens (tertiary/aromatic N) is 5. The van der Waals surface area contributed by atoms with Gasteiger partial charge in [-0.05, 0) is 44.3 Å². The number of benzene rings is 2. The quantitative estimate of drug-likeness (QED) is 0.531. The summed E-state index contributed by atoms with van der Waals surface area (Å²) in [6.07, 6.45) is 0. The van der Waals surface area contributed by atoms with Crippen molar-refractivity contribution in [3.63, 3.8) is 0 Å². The van der Waals surface area contributed by atoms with E-state index < -0.39 is 10.0 Å². The van der Waals surface area contributed by atoms with E-state index in [1.807, 2.05) is 27.4 Å². The van der Waals surface area contributed by atoms with Gasteiger partial charge < -0.3 is 4.57 Å². The normalized spacial score (nSPS) is 15.9. The van der Waals surface area contributed by atoms with Crippen LogP contribution in [-0.4, -0.2) is 58.1 Å². The molecule has 1 aliphatic rings. The Balaban J connectivity index is 1.48. The molecule has 1 aliphatic heterocycles. The van der Waals surface area contributed by atoms with Crippen molar-refractivity contribution in [2.45, 2.75) is 32.0 Å². The van der Waals surface area contributed by atoms with E-state index >= 15 is 0 Å². The van der Waals surface area contributed by atoms with Crippen LogP contribution in [0.15, 0.2) is 59.5 Å². The highest BCUT2D eigenvalue weighted by molar-refractivity contribution is 7.89. The highest BCUT2D eigenvalue weighted by Crippen LogP contribution is 2.21. The van der Waals surface area contributed by atoms with E-state index in [4.69, 9.17) is 17.3 Å². The number of hydrogen-bond donors (Lipinski definition) is 0. The molecule has 9 heteroatoms. The molecule has 2 aromatic carbocycles. The second kappa shape index (κ2) is 9.04. The van der Waals surface area contributed by atoms with Gasteiger partial charge in [0, 0.05) is 38.3 Å². The van der Waals surface area contributed by atoms with E-state index in [2.05, 4.69) is 30.9 Å². The zero-order valence-electron chi connectivity index (χ0n) is 17.8. The summed E-state index contributed by atoms with van der Waals surface area (Å²) in [7, 11) is -3.45. The first-order valence-electron chi connectivity index (χ1n) is 10.4. The largest absolute Gasteiger partial charge is 0.300 e.